The van der Waals surface area contributed by atoms with Gasteiger partial charge < -0.3 is 19.7 Å². The predicted molar refractivity (Wildman–Crippen MR) is 138 cm³/mol. The van der Waals surface area contributed by atoms with E-state index in [0.29, 0.717) is 30.2 Å². The zero-order valence-electron chi connectivity index (χ0n) is 21.3. The number of carbonyl (C=O) groups excluding carboxylic acids is 2. The zero-order chi connectivity index (χ0) is 26.3. The number of rotatable bonds is 12. The highest BCUT2D eigenvalue weighted by atomic mass is 32.2. The summed E-state index contributed by atoms with van der Waals surface area (Å²) < 4.78 is 38.0. The van der Waals surface area contributed by atoms with E-state index < -0.39 is 28.5 Å². The van der Waals surface area contributed by atoms with Crippen molar-refractivity contribution in [2.45, 2.75) is 53.1 Å². The van der Waals surface area contributed by atoms with Crippen molar-refractivity contribution in [3.63, 3.8) is 0 Å². The molecule has 0 saturated carbocycles. The van der Waals surface area contributed by atoms with Crippen LogP contribution in [0.15, 0.2) is 42.5 Å². The van der Waals surface area contributed by atoms with Crippen molar-refractivity contribution in [1.82, 2.24) is 10.2 Å². The molecule has 1 unspecified atom stereocenters. The molecule has 3 rings (SSSR count). The summed E-state index contributed by atoms with van der Waals surface area (Å²) >= 11 is 0. The van der Waals surface area contributed by atoms with E-state index in [2.05, 4.69) is 5.32 Å². The van der Waals surface area contributed by atoms with Gasteiger partial charge in [-0.25, -0.2) is 8.42 Å². The molecule has 9 nitrogen and oxygen atoms in total. The van der Waals surface area contributed by atoms with E-state index in [1.807, 2.05) is 45.0 Å². The highest BCUT2D eigenvalue weighted by Gasteiger charge is 2.33. The molecule has 196 valence electrons. The predicted octanol–water partition coefficient (Wildman–Crippen LogP) is 3.21. The molecule has 0 saturated heterocycles. The minimum Gasteiger partial charge on any atom is -0.454 e. The fraction of sp³-hybridized carbons (Fsp3) is 0.462. The van der Waals surface area contributed by atoms with Gasteiger partial charge in [0.25, 0.3) is 0 Å². The van der Waals surface area contributed by atoms with Crippen molar-refractivity contribution in [2.24, 2.45) is 0 Å². The standard InChI is InChI=1S/C26H35N3O6S/c1-5-14-27-26(31)22(6-2)28(16-20-11-9-8-10-19(20)4)25(30)17-29(36(32,33)7-3)21-12-13-23-24(15-21)35-18-34-23/h8-13,15,22H,5-7,14,16-18H2,1-4H3,(H,27,31). The maximum Gasteiger partial charge on any atom is 0.244 e. The second-order valence-corrected chi connectivity index (χ2v) is 10.8. The highest BCUT2D eigenvalue weighted by molar-refractivity contribution is 7.92. The summed E-state index contributed by atoms with van der Waals surface area (Å²) in [6, 6.07) is 11.7. The van der Waals surface area contributed by atoms with Gasteiger partial charge in [0.2, 0.25) is 28.6 Å². The van der Waals surface area contributed by atoms with E-state index in [0.717, 1.165) is 21.9 Å². The molecule has 1 aliphatic heterocycles. The molecule has 2 aromatic carbocycles. The number of amides is 2. The Morgan fingerprint density at radius 3 is 2.44 bits per heavy atom. The van der Waals surface area contributed by atoms with Crippen molar-refractivity contribution in [3.05, 3.63) is 53.6 Å². The van der Waals surface area contributed by atoms with Gasteiger partial charge in [-0.1, -0.05) is 38.1 Å². The van der Waals surface area contributed by atoms with E-state index in [9.17, 15) is 18.0 Å². The normalized spacial score (nSPS) is 13.2. The molecule has 10 heteroatoms. The first kappa shape index (κ1) is 27.3. The molecule has 0 aliphatic carbocycles. The Balaban J connectivity index is 1.97. The molecular weight excluding hydrogens is 482 g/mol. The van der Waals surface area contributed by atoms with E-state index >= 15 is 0 Å². The van der Waals surface area contributed by atoms with Crippen molar-refractivity contribution in [3.8, 4) is 11.5 Å². The molecule has 0 radical (unpaired) electrons. The molecular formula is C26H35N3O6S. The molecule has 2 aromatic rings. The fourth-order valence-electron chi connectivity index (χ4n) is 4.02. The number of ether oxygens (including phenoxy) is 2. The van der Waals surface area contributed by atoms with Crippen LogP contribution < -0.4 is 19.1 Å². The highest BCUT2D eigenvalue weighted by Crippen LogP contribution is 2.36. The summed E-state index contributed by atoms with van der Waals surface area (Å²) in [4.78, 5) is 28.3. The summed E-state index contributed by atoms with van der Waals surface area (Å²) in [6.45, 7) is 7.55. The second kappa shape index (κ2) is 12.1. The van der Waals surface area contributed by atoms with Crippen molar-refractivity contribution in [1.29, 1.82) is 0 Å². The van der Waals surface area contributed by atoms with Crippen LogP contribution in [0.2, 0.25) is 0 Å². The Bertz CT molecular complexity index is 1180. The van der Waals surface area contributed by atoms with Crippen molar-refractivity contribution >= 4 is 27.5 Å². The van der Waals surface area contributed by atoms with Gasteiger partial charge >= 0.3 is 0 Å². The summed E-state index contributed by atoms with van der Waals surface area (Å²) in [5.74, 6) is 0.0126. The largest absolute Gasteiger partial charge is 0.454 e. The minimum atomic E-state index is -3.82. The van der Waals surface area contributed by atoms with Crippen LogP contribution in [0.3, 0.4) is 0 Å². The first-order valence-electron chi connectivity index (χ1n) is 12.2. The maximum absolute atomic E-state index is 13.8. The second-order valence-electron chi connectivity index (χ2n) is 8.61. The topological polar surface area (TPSA) is 105 Å². The number of sulfonamides is 1. The molecule has 0 fully saturated rings. The van der Waals surface area contributed by atoms with E-state index in [1.54, 1.807) is 18.2 Å². The van der Waals surface area contributed by atoms with Crippen LogP contribution in [0, 0.1) is 6.92 Å². The van der Waals surface area contributed by atoms with Gasteiger partial charge in [-0.05, 0) is 49.9 Å². The van der Waals surface area contributed by atoms with Gasteiger partial charge in [-0.3, -0.25) is 13.9 Å². The number of benzene rings is 2. The third-order valence-corrected chi connectivity index (χ3v) is 7.90. The van der Waals surface area contributed by atoms with Crippen LogP contribution >= 0.6 is 0 Å². The summed E-state index contributed by atoms with van der Waals surface area (Å²) in [7, 11) is -3.82. The summed E-state index contributed by atoms with van der Waals surface area (Å²) in [5, 5.41) is 2.88. The molecule has 1 N–H and O–H groups in total. The lowest BCUT2D eigenvalue weighted by Crippen LogP contribution is -2.52. The van der Waals surface area contributed by atoms with Crippen LogP contribution in [0.1, 0.15) is 44.7 Å². The number of carbonyl (C=O) groups is 2. The maximum atomic E-state index is 13.8. The minimum absolute atomic E-state index is 0.0491. The molecule has 2 amide bonds. The average Bonchev–Trinajstić information content (AvgIpc) is 3.34. The third kappa shape index (κ3) is 6.29. The molecule has 0 spiro atoms. The lowest BCUT2D eigenvalue weighted by Gasteiger charge is -2.33. The molecule has 1 heterocycles. The number of anilines is 1. The van der Waals surface area contributed by atoms with E-state index in [4.69, 9.17) is 9.47 Å². The monoisotopic (exact) mass is 517 g/mol. The Morgan fingerprint density at radius 2 is 1.78 bits per heavy atom. The molecule has 0 aromatic heterocycles. The van der Waals surface area contributed by atoms with E-state index in [-0.39, 0.29) is 25.0 Å². The Labute approximate surface area is 213 Å². The smallest absolute Gasteiger partial charge is 0.244 e. The van der Waals surface area contributed by atoms with Gasteiger partial charge in [-0.15, -0.1) is 0 Å². The summed E-state index contributed by atoms with van der Waals surface area (Å²) in [5.41, 5.74) is 2.17. The number of nitrogens with zero attached hydrogens (tertiary/aromatic N) is 2. The van der Waals surface area contributed by atoms with Gasteiger partial charge in [0, 0.05) is 19.2 Å². The third-order valence-electron chi connectivity index (χ3n) is 6.16. The number of aryl methyl sites for hydroxylation is 1. The van der Waals surface area contributed by atoms with Gasteiger partial charge in [0.1, 0.15) is 12.6 Å². The quantitative estimate of drug-likeness (QED) is 0.464. The lowest BCUT2D eigenvalue weighted by atomic mass is 10.1. The van der Waals surface area contributed by atoms with E-state index in [1.165, 1.54) is 11.8 Å². The number of nitrogens with one attached hydrogen (secondary N) is 1. The van der Waals surface area contributed by atoms with Crippen LogP contribution in [-0.2, 0) is 26.2 Å². The van der Waals surface area contributed by atoms with Gasteiger partial charge in [0.15, 0.2) is 11.5 Å². The molecule has 36 heavy (non-hydrogen) atoms. The Morgan fingerprint density at radius 1 is 1.06 bits per heavy atom. The Kier molecular flexibility index (Phi) is 9.19. The number of fused-ring (bicyclic) bond motifs is 1. The number of hydrogen-bond donors (Lipinski definition) is 1. The SMILES string of the molecule is CCCNC(=O)C(CC)N(Cc1ccccc1C)C(=O)CN(c1ccc2c(c1)OCO2)S(=O)(=O)CC. The van der Waals surface area contributed by atoms with Gasteiger partial charge in [0.05, 0.1) is 11.4 Å². The van der Waals surface area contributed by atoms with Crippen LogP contribution in [-0.4, -0.2) is 56.8 Å². The van der Waals surface area contributed by atoms with Crippen LogP contribution in [0.25, 0.3) is 0 Å². The van der Waals surface area contributed by atoms with Crippen LogP contribution in [0.4, 0.5) is 5.69 Å². The summed E-state index contributed by atoms with van der Waals surface area (Å²) in [6.07, 6.45) is 1.15. The van der Waals surface area contributed by atoms with Crippen molar-refractivity contribution < 1.29 is 27.5 Å². The van der Waals surface area contributed by atoms with Crippen molar-refractivity contribution in [2.75, 3.05) is 29.9 Å². The van der Waals surface area contributed by atoms with Crippen LogP contribution in [0.5, 0.6) is 11.5 Å². The fourth-order valence-corrected chi connectivity index (χ4v) is 5.07. The van der Waals surface area contributed by atoms with Gasteiger partial charge in [-0.2, -0.15) is 0 Å². The lowest BCUT2D eigenvalue weighted by molar-refractivity contribution is -0.140. The first-order chi connectivity index (χ1) is 17.2. The molecule has 1 atom stereocenters. The number of hydrogen-bond acceptors (Lipinski definition) is 6. The molecule has 0 bridgehead atoms. The zero-order valence-corrected chi connectivity index (χ0v) is 22.1. The Hall–Kier alpha value is -3.27. The average molecular weight is 518 g/mol. The first-order valence-corrected chi connectivity index (χ1v) is 13.8. The molecule has 1 aliphatic rings.